The van der Waals surface area contributed by atoms with Gasteiger partial charge in [-0.15, -0.1) is 0 Å². The van der Waals surface area contributed by atoms with Crippen molar-refractivity contribution in [1.29, 1.82) is 0 Å². The first-order chi connectivity index (χ1) is 4.60. The summed E-state index contributed by atoms with van der Waals surface area (Å²) in [5.74, 6) is 4.64. The Morgan fingerprint density at radius 2 is 2.30 bits per heavy atom. The van der Waals surface area contributed by atoms with E-state index in [1.54, 1.807) is 6.92 Å². The minimum absolute atomic E-state index is 0.294. The fourth-order valence-corrected chi connectivity index (χ4v) is 0.550. The van der Waals surface area contributed by atoms with E-state index in [2.05, 4.69) is 0 Å². The Bertz CT molecular complexity index is 121. The molecule has 0 radical (unpaired) electrons. The Morgan fingerprint density at radius 3 is 2.40 bits per heavy atom. The van der Waals surface area contributed by atoms with Crippen LogP contribution >= 0.6 is 0 Å². The predicted octanol–water partition coefficient (Wildman–Crippen LogP) is -0.209. The molecule has 0 aromatic rings. The largest absolute Gasteiger partial charge is 0.369 e. The molecule has 0 unspecified atom stereocenters. The Morgan fingerprint density at radius 1 is 1.80 bits per heavy atom. The number of hydrogen-bond donors (Lipinski definition) is 2. The van der Waals surface area contributed by atoms with Crippen molar-refractivity contribution in [3.8, 4) is 0 Å². The van der Waals surface area contributed by atoms with Gasteiger partial charge in [-0.2, -0.15) is 0 Å². The third-order valence-electron chi connectivity index (χ3n) is 1.74. The summed E-state index contributed by atoms with van der Waals surface area (Å²) in [4.78, 5) is 10.9. The Balaban J connectivity index is 4.17. The van der Waals surface area contributed by atoms with Gasteiger partial charge in [0.1, 0.15) is 5.60 Å². The maximum atomic E-state index is 10.9. The summed E-state index contributed by atoms with van der Waals surface area (Å²) in [5, 5.41) is 0. The second kappa shape index (κ2) is 3.53. The van der Waals surface area contributed by atoms with Crippen LogP contribution in [0.2, 0.25) is 0 Å². The van der Waals surface area contributed by atoms with Crippen molar-refractivity contribution >= 4 is 5.91 Å². The van der Waals surface area contributed by atoms with Crippen molar-refractivity contribution in [3.63, 3.8) is 0 Å². The highest BCUT2D eigenvalue weighted by Crippen LogP contribution is 2.12. The molecule has 4 nitrogen and oxygen atoms in total. The van der Waals surface area contributed by atoms with Crippen LogP contribution in [0.3, 0.4) is 0 Å². The highest BCUT2D eigenvalue weighted by molar-refractivity contribution is 5.84. The van der Waals surface area contributed by atoms with Crippen LogP contribution in [0.25, 0.3) is 0 Å². The van der Waals surface area contributed by atoms with Crippen LogP contribution in [-0.4, -0.2) is 18.6 Å². The summed E-state index contributed by atoms with van der Waals surface area (Å²) in [6.45, 7) is 3.55. The molecule has 0 bridgehead atoms. The van der Waals surface area contributed by atoms with E-state index in [-0.39, 0.29) is 5.91 Å². The quantitative estimate of drug-likeness (QED) is 0.329. The fourth-order valence-electron chi connectivity index (χ4n) is 0.550. The number of nitrogens with one attached hydrogen (secondary N) is 1. The van der Waals surface area contributed by atoms with Gasteiger partial charge in [0.25, 0.3) is 5.91 Å². The predicted molar refractivity (Wildman–Crippen MR) is 38.0 cm³/mol. The van der Waals surface area contributed by atoms with E-state index in [1.807, 2.05) is 12.3 Å². The van der Waals surface area contributed by atoms with Gasteiger partial charge in [-0.3, -0.25) is 10.2 Å². The molecule has 0 spiro atoms. The molecular formula is C6H14N2O2. The molecule has 0 aliphatic carbocycles. The van der Waals surface area contributed by atoms with Gasteiger partial charge in [-0.05, 0) is 13.3 Å². The summed E-state index contributed by atoms with van der Waals surface area (Å²) in [6, 6.07) is 0. The zero-order valence-electron chi connectivity index (χ0n) is 6.60. The normalized spacial score (nSPS) is 16.0. The average Bonchev–Trinajstić information content (AvgIpc) is 2.01. The number of nitrogens with two attached hydrogens (primary N) is 1. The lowest BCUT2D eigenvalue weighted by atomic mass is 10.0. The number of carbonyl (C=O) groups excluding carboxylic acids is 1. The molecule has 1 atom stereocenters. The molecule has 1 amide bonds. The van der Waals surface area contributed by atoms with Crippen LogP contribution < -0.4 is 11.3 Å². The third-order valence-corrected chi connectivity index (χ3v) is 1.74. The van der Waals surface area contributed by atoms with Gasteiger partial charge >= 0.3 is 0 Å². The van der Waals surface area contributed by atoms with E-state index in [1.165, 1.54) is 7.11 Å². The first-order valence-electron chi connectivity index (χ1n) is 3.17. The smallest absolute Gasteiger partial charge is 0.265 e. The molecule has 10 heavy (non-hydrogen) atoms. The van der Waals surface area contributed by atoms with Crippen molar-refractivity contribution in [2.24, 2.45) is 5.84 Å². The van der Waals surface area contributed by atoms with E-state index in [0.717, 1.165) is 0 Å². The van der Waals surface area contributed by atoms with Gasteiger partial charge in [0.05, 0.1) is 0 Å². The van der Waals surface area contributed by atoms with Gasteiger partial charge in [0.15, 0.2) is 0 Å². The van der Waals surface area contributed by atoms with Gasteiger partial charge in [-0.25, -0.2) is 5.84 Å². The van der Waals surface area contributed by atoms with Crippen LogP contribution in [0, 0.1) is 0 Å². The minimum atomic E-state index is -0.783. The summed E-state index contributed by atoms with van der Waals surface area (Å²) in [7, 11) is 1.48. The van der Waals surface area contributed by atoms with E-state index in [4.69, 9.17) is 10.6 Å². The Labute approximate surface area is 60.7 Å². The van der Waals surface area contributed by atoms with Crippen molar-refractivity contribution in [3.05, 3.63) is 0 Å². The van der Waals surface area contributed by atoms with Crippen molar-refractivity contribution < 1.29 is 9.53 Å². The molecule has 0 aromatic heterocycles. The van der Waals surface area contributed by atoms with Gasteiger partial charge in [0.2, 0.25) is 0 Å². The first-order valence-corrected chi connectivity index (χ1v) is 3.17. The van der Waals surface area contributed by atoms with Crippen LogP contribution in [0.4, 0.5) is 0 Å². The van der Waals surface area contributed by atoms with Gasteiger partial charge < -0.3 is 4.74 Å². The monoisotopic (exact) mass is 146 g/mol. The standard InChI is InChI=1S/C6H14N2O2/c1-4-6(2,10-3)5(9)8-7/h4,7H2,1-3H3,(H,8,9)/t6-/m0/s1. The lowest BCUT2D eigenvalue weighted by Gasteiger charge is -2.23. The molecule has 4 heteroatoms. The number of hydrazine groups is 1. The highest BCUT2D eigenvalue weighted by atomic mass is 16.5. The first kappa shape index (κ1) is 9.39. The average molecular weight is 146 g/mol. The molecule has 0 fully saturated rings. The molecular weight excluding hydrogens is 132 g/mol. The number of amides is 1. The van der Waals surface area contributed by atoms with Gasteiger partial charge in [0, 0.05) is 7.11 Å². The van der Waals surface area contributed by atoms with E-state index >= 15 is 0 Å². The molecule has 0 heterocycles. The number of carbonyl (C=O) groups is 1. The molecule has 0 aliphatic rings. The maximum absolute atomic E-state index is 10.9. The zero-order valence-corrected chi connectivity index (χ0v) is 6.60. The molecule has 0 aliphatic heterocycles. The maximum Gasteiger partial charge on any atom is 0.265 e. The van der Waals surface area contributed by atoms with Gasteiger partial charge in [-0.1, -0.05) is 6.92 Å². The lowest BCUT2D eigenvalue weighted by molar-refractivity contribution is -0.141. The molecule has 0 aromatic carbocycles. The minimum Gasteiger partial charge on any atom is -0.369 e. The van der Waals surface area contributed by atoms with E-state index < -0.39 is 5.60 Å². The van der Waals surface area contributed by atoms with Crippen LogP contribution in [-0.2, 0) is 9.53 Å². The number of rotatable bonds is 3. The molecule has 3 N–H and O–H groups in total. The number of methoxy groups -OCH3 is 1. The molecule has 0 rings (SSSR count). The SMILES string of the molecule is CC[C@](C)(OC)C(=O)NN. The third kappa shape index (κ3) is 1.68. The van der Waals surface area contributed by atoms with Crippen molar-refractivity contribution in [2.45, 2.75) is 25.9 Å². The number of ether oxygens (including phenoxy) is 1. The molecule has 0 saturated heterocycles. The van der Waals surface area contributed by atoms with Crippen LogP contribution in [0.5, 0.6) is 0 Å². The highest BCUT2D eigenvalue weighted by Gasteiger charge is 2.29. The fraction of sp³-hybridized carbons (Fsp3) is 0.833. The second-order valence-corrected chi connectivity index (χ2v) is 2.26. The summed E-state index contributed by atoms with van der Waals surface area (Å²) in [6.07, 6.45) is 0.604. The van der Waals surface area contributed by atoms with Crippen molar-refractivity contribution in [2.75, 3.05) is 7.11 Å². The second-order valence-electron chi connectivity index (χ2n) is 2.26. The molecule has 0 saturated carbocycles. The van der Waals surface area contributed by atoms with Crippen LogP contribution in [0.1, 0.15) is 20.3 Å². The topological polar surface area (TPSA) is 64.3 Å². The number of hydrogen-bond acceptors (Lipinski definition) is 3. The molecule has 60 valence electrons. The van der Waals surface area contributed by atoms with E-state index in [9.17, 15) is 4.79 Å². The Kier molecular flexibility index (Phi) is 3.32. The summed E-state index contributed by atoms with van der Waals surface area (Å²) in [5.41, 5.74) is 1.26. The van der Waals surface area contributed by atoms with E-state index in [0.29, 0.717) is 6.42 Å². The lowest BCUT2D eigenvalue weighted by Crippen LogP contribution is -2.48. The summed E-state index contributed by atoms with van der Waals surface area (Å²) >= 11 is 0. The Hall–Kier alpha value is -0.610. The zero-order chi connectivity index (χ0) is 8.20. The van der Waals surface area contributed by atoms with Crippen molar-refractivity contribution in [1.82, 2.24) is 5.43 Å². The van der Waals surface area contributed by atoms with Crippen LogP contribution in [0.15, 0.2) is 0 Å². The summed E-state index contributed by atoms with van der Waals surface area (Å²) < 4.78 is 4.95.